The Labute approximate surface area is 123 Å². The molecule has 1 aliphatic carbocycles. The predicted octanol–water partition coefficient (Wildman–Crippen LogP) is 3.24. The second-order valence-corrected chi connectivity index (χ2v) is 6.12. The van der Waals surface area contributed by atoms with Gasteiger partial charge in [0.25, 0.3) is 5.91 Å². The standard InChI is InChI=1S/C18H16FNO/c19-16-8-6-13(7-9-16)17(21)20-11-15-10-18(15,12-20)14-4-2-1-3-5-14/h1-9,15H,10-12H2. The van der Waals surface area contributed by atoms with E-state index in [1.165, 1.54) is 24.1 Å². The molecule has 21 heavy (non-hydrogen) atoms. The summed E-state index contributed by atoms with van der Waals surface area (Å²) in [4.78, 5) is 14.4. The lowest BCUT2D eigenvalue weighted by Crippen LogP contribution is -2.32. The number of fused-ring (bicyclic) bond motifs is 1. The number of nitrogens with zero attached hydrogens (tertiary/aromatic N) is 1. The van der Waals surface area contributed by atoms with E-state index in [0.717, 1.165) is 13.1 Å². The Balaban J connectivity index is 1.55. The van der Waals surface area contributed by atoms with Crippen molar-refractivity contribution in [2.75, 3.05) is 13.1 Å². The van der Waals surface area contributed by atoms with Gasteiger partial charge in [-0.1, -0.05) is 30.3 Å². The monoisotopic (exact) mass is 281 g/mol. The Hall–Kier alpha value is -2.16. The van der Waals surface area contributed by atoms with E-state index in [9.17, 15) is 9.18 Å². The van der Waals surface area contributed by atoms with E-state index in [4.69, 9.17) is 0 Å². The van der Waals surface area contributed by atoms with Crippen LogP contribution in [0.4, 0.5) is 4.39 Å². The van der Waals surface area contributed by atoms with Crippen LogP contribution in [0.3, 0.4) is 0 Å². The van der Waals surface area contributed by atoms with Gasteiger partial charge >= 0.3 is 0 Å². The van der Waals surface area contributed by atoms with Crippen molar-refractivity contribution in [2.24, 2.45) is 5.92 Å². The van der Waals surface area contributed by atoms with Crippen LogP contribution in [0.25, 0.3) is 0 Å². The van der Waals surface area contributed by atoms with Crippen molar-refractivity contribution in [1.29, 1.82) is 0 Å². The van der Waals surface area contributed by atoms with E-state index < -0.39 is 0 Å². The smallest absolute Gasteiger partial charge is 0.253 e. The van der Waals surface area contributed by atoms with Gasteiger partial charge < -0.3 is 4.90 Å². The Morgan fingerprint density at radius 1 is 1.10 bits per heavy atom. The largest absolute Gasteiger partial charge is 0.337 e. The molecule has 1 aliphatic heterocycles. The number of amides is 1. The molecule has 0 aromatic heterocycles. The number of hydrogen-bond donors (Lipinski definition) is 0. The summed E-state index contributed by atoms with van der Waals surface area (Å²) in [5, 5.41) is 0. The van der Waals surface area contributed by atoms with E-state index in [1.807, 2.05) is 11.0 Å². The lowest BCUT2D eigenvalue weighted by molar-refractivity contribution is 0.0772. The summed E-state index contributed by atoms with van der Waals surface area (Å²) in [6.07, 6.45) is 1.17. The lowest BCUT2D eigenvalue weighted by Gasteiger charge is -2.21. The minimum atomic E-state index is -0.309. The minimum absolute atomic E-state index is 0.0116. The summed E-state index contributed by atoms with van der Waals surface area (Å²) >= 11 is 0. The zero-order chi connectivity index (χ0) is 14.4. The average molecular weight is 281 g/mol. The molecule has 2 fully saturated rings. The van der Waals surface area contributed by atoms with Gasteiger partial charge in [-0.25, -0.2) is 4.39 Å². The number of hydrogen-bond acceptors (Lipinski definition) is 1. The van der Waals surface area contributed by atoms with Crippen molar-refractivity contribution >= 4 is 5.91 Å². The second-order valence-electron chi connectivity index (χ2n) is 6.12. The highest BCUT2D eigenvalue weighted by Gasteiger charge is 2.61. The molecule has 4 rings (SSSR count). The van der Waals surface area contributed by atoms with Crippen molar-refractivity contribution < 1.29 is 9.18 Å². The molecular formula is C18H16FNO. The quantitative estimate of drug-likeness (QED) is 0.827. The normalized spacial score (nSPS) is 26.5. The number of carbonyl (C=O) groups excluding carboxylic acids is 1. The number of halogens is 1. The van der Waals surface area contributed by atoms with Crippen LogP contribution in [0.1, 0.15) is 22.3 Å². The minimum Gasteiger partial charge on any atom is -0.337 e. The Morgan fingerprint density at radius 3 is 2.52 bits per heavy atom. The Bertz CT molecular complexity index is 682. The molecule has 2 atom stereocenters. The third-order valence-electron chi connectivity index (χ3n) is 4.87. The van der Waals surface area contributed by atoms with Crippen molar-refractivity contribution in [2.45, 2.75) is 11.8 Å². The highest BCUT2D eigenvalue weighted by molar-refractivity contribution is 5.94. The van der Waals surface area contributed by atoms with Crippen molar-refractivity contribution in [3.05, 3.63) is 71.5 Å². The molecule has 2 aromatic carbocycles. The maximum atomic E-state index is 13.0. The van der Waals surface area contributed by atoms with Gasteiger partial charge in [-0.2, -0.15) is 0 Å². The molecular weight excluding hydrogens is 265 g/mol. The summed E-state index contributed by atoms with van der Waals surface area (Å²) in [5.41, 5.74) is 2.07. The van der Waals surface area contributed by atoms with Crippen LogP contribution in [-0.2, 0) is 5.41 Å². The fourth-order valence-corrected chi connectivity index (χ4v) is 3.63. The van der Waals surface area contributed by atoms with Gasteiger partial charge in [0.05, 0.1) is 0 Å². The SMILES string of the molecule is O=C(c1ccc(F)cc1)N1CC2CC2(c2ccccc2)C1. The third-order valence-corrected chi connectivity index (χ3v) is 4.87. The number of benzene rings is 2. The van der Waals surface area contributed by atoms with Crippen LogP contribution < -0.4 is 0 Å². The number of rotatable bonds is 2. The van der Waals surface area contributed by atoms with E-state index in [-0.39, 0.29) is 17.1 Å². The van der Waals surface area contributed by atoms with E-state index in [0.29, 0.717) is 11.5 Å². The van der Waals surface area contributed by atoms with Crippen molar-refractivity contribution in [3.63, 3.8) is 0 Å². The molecule has 0 N–H and O–H groups in total. The number of piperidine rings is 1. The Kier molecular flexibility index (Phi) is 2.64. The molecule has 1 amide bonds. The first kappa shape index (κ1) is 12.6. The van der Waals surface area contributed by atoms with Crippen LogP contribution in [-0.4, -0.2) is 23.9 Å². The second kappa shape index (κ2) is 4.42. The summed E-state index contributed by atoms with van der Waals surface area (Å²) in [7, 11) is 0. The van der Waals surface area contributed by atoms with Gasteiger partial charge in [0.2, 0.25) is 0 Å². The molecule has 0 spiro atoms. The average Bonchev–Trinajstić information content (AvgIpc) is 3.10. The molecule has 3 heteroatoms. The van der Waals surface area contributed by atoms with Gasteiger partial charge in [0.15, 0.2) is 0 Å². The summed E-state index contributed by atoms with van der Waals surface area (Å²) in [5.74, 6) is 0.276. The van der Waals surface area contributed by atoms with Gasteiger partial charge in [0.1, 0.15) is 5.82 Å². The highest BCUT2D eigenvalue weighted by Crippen LogP contribution is 2.59. The van der Waals surface area contributed by atoms with Gasteiger partial charge in [-0.3, -0.25) is 4.79 Å². The van der Waals surface area contributed by atoms with Crippen LogP contribution in [0.2, 0.25) is 0 Å². The molecule has 1 saturated carbocycles. The summed E-state index contributed by atoms with van der Waals surface area (Å²) in [6.45, 7) is 1.59. The van der Waals surface area contributed by atoms with E-state index >= 15 is 0 Å². The van der Waals surface area contributed by atoms with Crippen LogP contribution in [0.5, 0.6) is 0 Å². The first-order valence-electron chi connectivity index (χ1n) is 7.29. The molecule has 2 unspecified atom stereocenters. The lowest BCUT2D eigenvalue weighted by atomic mass is 9.95. The topological polar surface area (TPSA) is 20.3 Å². The maximum Gasteiger partial charge on any atom is 0.253 e. The molecule has 2 aromatic rings. The molecule has 1 saturated heterocycles. The molecule has 0 bridgehead atoms. The fourth-order valence-electron chi connectivity index (χ4n) is 3.63. The molecule has 106 valence electrons. The van der Waals surface area contributed by atoms with E-state index in [2.05, 4.69) is 24.3 Å². The zero-order valence-corrected chi connectivity index (χ0v) is 11.6. The van der Waals surface area contributed by atoms with Crippen molar-refractivity contribution in [1.82, 2.24) is 4.90 Å². The zero-order valence-electron chi connectivity index (χ0n) is 11.6. The highest BCUT2D eigenvalue weighted by atomic mass is 19.1. The van der Waals surface area contributed by atoms with E-state index in [1.54, 1.807) is 12.1 Å². The van der Waals surface area contributed by atoms with Gasteiger partial charge in [-0.15, -0.1) is 0 Å². The first-order valence-corrected chi connectivity index (χ1v) is 7.29. The summed E-state index contributed by atoms with van der Waals surface area (Å²) in [6, 6.07) is 16.3. The molecule has 2 aliphatic rings. The molecule has 1 heterocycles. The summed E-state index contributed by atoms with van der Waals surface area (Å²) < 4.78 is 13.0. The van der Waals surface area contributed by atoms with Crippen LogP contribution in [0, 0.1) is 11.7 Å². The molecule has 2 nitrogen and oxygen atoms in total. The molecule has 0 radical (unpaired) electrons. The first-order chi connectivity index (χ1) is 10.2. The van der Waals surface area contributed by atoms with Gasteiger partial charge in [0, 0.05) is 24.1 Å². The number of carbonyl (C=O) groups is 1. The van der Waals surface area contributed by atoms with Crippen molar-refractivity contribution in [3.8, 4) is 0 Å². The fraction of sp³-hybridized carbons (Fsp3) is 0.278. The Morgan fingerprint density at radius 2 is 1.81 bits per heavy atom. The van der Waals surface area contributed by atoms with Gasteiger partial charge in [-0.05, 0) is 42.2 Å². The van der Waals surface area contributed by atoms with Crippen LogP contribution in [0.15, 0.2) is 54.6 Å². The predicted molar refractivity (Wildman–Crippen MR) is 78.5 cm³/mol. The third kappa shape index (κ3) is 1.96. The van der Waals surface area contributed by atoms with Crippen LogP contribution >= 0.6 is 0 Å². The number of likely N-dealkylation sites (tertiary alicyclic amines) is 1. The maximum absolute atomic E-state index is 13.0.